The molecule has 0 spiro atoms. The van der Waals surface area contributed by atoms with Crippen molar-refractivity contribution in [2.45, 2.75) is 46.5 Å². The third-order valence-corrected chi connectivity index (χ3v) is 11.5. The molecule has 0 amide bonds. The van der Waals surface area contributed by atoms with Gasteiger partial charge in [0.1, 0.15) is 0 Å². The molecule has 2 atom stereocenters. The number of fused-ring (bicyclic) bond motifs is 6. The highest BCUT2D eigenvalue weighted by Crippen LogP contribution is 2.43. The maximum atomic E-state index is 3.98. The maximum absolute atomic E-state index is 3.98. The Morgan fingerprint density at radius 1 is 0.604 bits per heavy atom. The predicted octanol–water partition coefficient (Wildman–Crippen LogP) is 9.25. The molecule has 0 N–H and O–H groups in total. The lowest BCUT2D eigenvalue weighted by Gasteiger charge is -2.33. The predicted molar refractivity (Wildman–Crippen MR) is 224 cm³/mol. The minimum absolute atomic E-state index is 0.391. The number of aromatic nitrogens is 3. The van der Waals surface area contributed by atoms with Crippen molar-refractivity contribution in [1.82, 2.24) is 14.1 Å². The van der Waals surface area contributed by atoms with Crippen LogP contribution in [0.5, 0.6) is 0 Å². The average Bonchev–Trinajstić information content (AvgIpc) is 3.72. The molecule has 0 bridgehead atoms. The van der Waals surface area contributed by atoms with Crippen molar-refractivity contribution < 1.29 is 0 Å². The van der Waals surface area contributed by atoms with Gasteiger partial charge >= 0.3 is 0 Å². The Morgan fingerprint density at radius 3 is 2.00 bits per heavy atom. The number of hydrogen-bond acceptors (Lipinski definition) is 1. The summed E-state index contributed by atoms with van der Waals surface area (Å²) in [6.07, 6.45) is 18.6. The third-order valence-electron chi connectivity index (χ3n) is 11.5. The SMILES string of the molecule is CC1=C(c2ccccc2C)C=C(n2c3c(c4ccccc42)=CCCC=3)CC1C1C=c2c(n(-c3ccccc3)c3ccccc23)=CC1.Cc1ccccn1. The van der Waals surface area contributed by atoms with Crippen LogP contribution in [0.15, 0.2) is 139 Å². The third kappa shape index (κ3) is 5.91. The molecule has 0 radical (unpaired) electrons. The first kappa shape index (κ1) is 32.9. The lowest BCUT2D eigenvalue weighted by atomic mass is 9.73. The standard InChI is InChI=1S/C44H38N2.C6H7N/c1-29-14-6-7-17-34(29)39-28-33(46-41-21-11-8-18-35(41)36-19-9-12-22-42(36)46)27-38(30(39)2)31-24-25-44-40(26-31)37-20-10-13-23-43(37)45(44)32-15-4-3-5-16-32;1-6-4-2-3-5-7-6/h3-8,10-11,13-23,25-26,28,31,38H,9,12,24,27H2,1-2H3;2-5H,1H3. The van der Waals surface area contributed by atoms with Gasteiger partial charge in [0.15, 0.2) is 0 Å². The average molecular weight is 688 g/mol. The van der Waals surface area contributed by atoms with E-state index in [2.05, 4.69) is 161 Å². The Kier molecular flexibility index (Phi) is 8.64. The number of nitrogens with zero attached hydrogens (tertiary/aromatic N) is 3. The van der Waals surface area contributed by atoms with E-state index in [9.17, 15) is 0 Å². The smallest absolute Gasteiger partial charge is 0.0540 e. The molecule has 0 fully saturated rings. The summed E-state index contributed by atoms with van der Waals surface area (Å²) in [5, 5.41) is 8.18. The molecule has 3 aliphatic rings. The van der Waals surface area contributed by atoms with Crippen LogP contribution >= 0.6 is 0 Å². The highest BCUT2D eigenvalue weighted by atomic mass is 15.0. The highest BCUT2D eigenvalue weighted by molar-refractivity contribution is 5.91. The summed E-state index contributed by atoms with van der Waals surface area (Å²) >= 11 is 0. The number of allylic oxidation sites excluding steroid dienone is 4. The van der Waals surface area contributed by atoms with Crippen molar-refractivity contribution >= 4 is 57.4 Å². The number of para-hydroxylation sites is 3. The lowest BCUT2D eigenvalue weighted by Crippen LogP contribution is -2.35. The van der Waals surface area contributed by atoms with Gasteiger partial charge in [0.05, 0.1) is 11.0 Å². The van der Waals surface area contributed by atoms with Crippen molar-refractivity contribution in [3.05, 3.63) is 177 Å². The van der Waals surface area contributed by atoms with E-state index < -0.39 is 0 Å². The zero-order valence-corrected chi connectivity index (χ0v) is 30.8. The van der Waals surface area contributed by atoms with Crippen LogP contribution in [0, 0.1) is 25.7 Å². The molecule has 7 aromatic rings. The summed E-state index contributed by atoms with van der Waals surface area (Å²) in [6.45, 7) is 6.63. The maximum Gasteiger partial charge on any atom is 0.0540 e. The van der Waals surface area contributed by atoms with Crippen LogP contribution in [-0.4, -0.2) is 14.1 Å². The van der Waals surface area contributed by atoms with Gasteiger partial charge in [0, 0.05) is 55.2 Å². The van der Waals surface area contributed by atoms with E-state index in [1.54, 1.807) is 6.20 Å². The van der Waals surface area contributed by atoms with Crippen LogP contribution in [0.3, 0.4) is 0 Å². The van der Waals surface area contributed by atoms with Crippen LogP contribution in [0.25, 0.3) is 63.1 Å². The largest absolute Gasteiger partial charge is 0.313 e. The molecule has 3 aromatic heterocycles. The second-order valence-electron chi connectivity index (χ2n) is 14.7. The van der Waals surface area contributed by atoms with Gasteiger partial charge in [-0.25, -0.2) is 0 Å². The highest BCUT2D eigenvalue weighted by Gasteiger charge is 2.31. The molecule has 53 heavy (non-hydrogen) atoms. The van der Waals surface area contributed by atoms with Gasteiger partial charge in [-0.3, -0.25) is 4.98 Å². The van der Waals surface area contributed by atoms with E-state index in [0.717, 1.165) is 31.4 Å². The second kappa shape index (κ2) is 13.9. The first-order valence-corrected chi connectivity index (χ1v) is 19.1. The van der Waals surface area contributed by atoms with E-state index in [-0.39, 0.29) is 0 Å². The van der Waals surface area contributed by atoms with Crippen molar-refractivity contribution in [1.29, 1.82) is 0 Å². The number of rotatable bonds is 4. The van der Waals surface area contributed by atoms with E-state index >= 15 is 0 Å². The minimum Gasteiger partial charge on any atom is -0.313 e. The van der Waals surface area contributed by atoms with Crippen LogP contribution in [0.1, 0.15) is 49.4 Å². The van der Waals surface area contributed by atoms with Crippen LogP contribution in [-0.2, 0) is 0 Å². The number of benzene rings is 4. The van der Waals surface area contributed by atoms with E-state index in [1.807, 2.05) is 25.1 Å². The second-order valence-corrected chi connectivity index (χ2v) is 14.7. The Morgan fingerprint density at radius 2 is 1.26 bits per heavy atom. The summed E-state index contributed by atoms with van der Waals surface area (Å²) in [6, 6.07) is 43.6. The number of hydrogen-bond donors (Lipinski definition) is 0. The lowest BCUT2D eigenvalue weighted by molar-refractivity contribution is 0.484. The van der Waals surface area contributed by atoms with E-state index in [0.29, 0.717) is 11.8 Å². The molecule has 3 aliphatic carbocycles. The van der Waals surface area contributed by atoms with Gasteiger partial charge in [-0.2, -0.15) is 0 Å². The molecular weight excluding hydrogens is 643 g/mol. The van der Waals surface area contributed by atoms with Crippen LogP contribution in [0.2, 0.25) is 0 Å². The molecule has 2 unspecified atom stereocenters. The zero-order valence-electron chi connectivity index (χ0n) is 30.8. The number of pyridine rings is 1. The normalized spacial score (nSPS) is 17.7. The van der Waals surface area contributed by atoms with Gasteiger partial charge < -0.3 is 9.13 Å². The van der Waals surface area contributed by atoms with Gasteiger partial charge in [-0.1, -0.05) is 115 Å². The fraction of sp³-hybridized carbons (Fsp3) is 0.180. The summed E-state index contributed by atoms with van der Waals surface area (Å²) in [5.74, 6) is 0.792. The number of aryl methyl sites for hydroxylation is 2. The molecule has 0 aliphatic heterocycles. The molecule has 0 saturated heterocycles. The Hall–Kier alpha value is -5.93. The van der Waals surface area contributed by atoms with Crippen LogP contribution < -0.4 is 21.1 Å². The zero-order chi connectivity index (χ0) is 35.9. The van der Waals surface area contributed by atoms with Crippen molar-refractivity contribution in [2.24, 2.45) is 11.8 Å². The van der Waals surface area contributed by atoms with Crippen molar-refractivity contribution in [3.63, 3.8) is 0 Å². The van der Waals surface area contributed by atoms with Crippen molar-refractivity contribution in [3.8, 4) is 5.69 Å². The molecule has 260 valence electrons. The molecule has 3 nitrogen and oxygen atoms in total. The topological polar surface area (TPSA) is 22.8 Å². The van der Waals surface area contributed by atoms with Gasteiger partial charge in [0.25, 0.3) is 0 Å². The molecular formula is C50H45N3. The first-order chi connectivity index (χ1) is 26.1. The molecule has 0 saturated carbocycles. The van der Waals surface area contributed by atoms with Gasteiger partial charge in [-0.15, -0.1) is 0 Å². The van der Waals surface area contributed by atoms with Crippen molar-refractivity contribution in [2.75, 3.05) is 0 Å². The monoisotopic (exact) mass is 687 g/mol. The van der Waals surface area contributed by atoms with E-state index in [4.69, 9.17) is 0 Å². The quantitative estimate of drug-likeness (QED) is 0.181. The molecule has 10 rings (SSSR count). The molecule has 3 heteroatoms. The summed E-state index contributed by atoms with van der Waals surface area (Å²) < 4.78 is 5.05. The molecule has 4 aromatic carbocycles. The Bertz CT molecular complexity index is 2810. The fourth-order valence-electron chi connectivity index (χ4n) is 8.94. The fourth-order valence-corrected chi connectivity index (χ4v) is 8.94. The molecule has 3 heterocycles. The van der Waals surface area contributed by atoms with Crippen LogP contribution in [0.4, 0.5) is 0 Å². The summed E-state index contributed by atoms with van der Waals surface area (Å²) in [4.78, 5) is 3.98. The first-order valence-electron chi connectivity index (χ1n) is 19.1. The summed E-state index contributed by atoms with van der Waals surface area (Å²) in [7, 11) is 0. The Labute approximate surface area is 311 Å². The van der Waals surface area contributed by atoms with Gasteiger partial charge in [-0.05, 0) is 117 Å². The van der Waals surface area contributed by atoms with Gasteiger partial charge in [0.2, 0.25) is 0 Å². The van der Waals surface area contributed by atoms with E-state index in [1.165, 1.54) is 76.6 Å². The Balaban J connectivity index is 0.000000480. The minimum atomic E-state index is 0.391. The summed E-state index contributed by atoms with van der Waals surface area (Å²) in [5.41, 5.74) is 11.9.